The van der Waals surface area contributed by atoms with E-state index in [-0.39, 0.29) is 17.2 Å². The maximum Gasteiger partial charge on any atom is 0.255 e. The number of carbonyl (C=O) groups excluding carboxylic acids is 1. The number of unbranched alkanes of at least 4 members (excludes halogenated alkanes) is 13. The molecule has 3 nitrogen and oxygen atoms in total. The van der Waals surface area contributed by atoms with Gasteiger partial charge < -0.3 is 10.4 Å². The van der Waals surface area contributed by atoms with Gasteiger partial charge in [0.2, 0.25) is 0 Å². The van der Waals surface area contributed by atoms with Crippen molar-refractivity contribution in [2.75, 3.05) is 6.54 Å². The number of hydrogen-bond acceptors (Lipinski definition) is 2. The third-order valence-corrected chi connectivity index (χ3v) is 6.34. The molecule has 0 aliphatic carbocycles. The summed E-state index contributed by atoms with van der Waals surface area (Å²) in [5.41, 5.74) is 0.245. The summed E-state index contributed by atoms with van der Waals surface area (Å²) in [7, 11) is 0. The van der Waals surface area contributed by atoms with Crippen molar-refractivity contribution in [3.05, 3.63) is 40.9 Å². The van der Waals surface area contributed by atoms with Gasteiger partial charge in [-0.05, 0) is 12.5 Å². The Morgan fingerprint density at radius 1 is 0.806 bits per heavy atom. The van der Waals surface area contributed by atoms with E-state index in [2.05, 4.69) is 12.2 Å². The van der Waals surface area contributed by atoms with E-state index in [4.69, 9.17) is 11.6 Å². The number of benzene rings is 2. The zero-order valence-electron chi connectivity index (χ0n) is 19.2. The lowest BCUT2D eigenvalue weighted by atomic mass is 10.0. The van der Waals surface area contributed by atoms with Crippen molar-refractivity contribution in [3.8, 4) is 5.75 Å². The van der Waals surface area contributed by atoms with E-state index in [0.29, 0.717) is 17.0 Å². The summed E-state index contributed by atoms with van der Waals surface area (Å²) in [5, 5.41) is 15.2. The highest BCUT2D eigenvalue weighted by atomic mass is 35.5. The van der Waals surface area contributed by atoms with E-state index in [1.54, 1.807) is 12.1 Å². The van der Waals surface area contributed by atoms with Crippen molar-refractivity contribution in [2.45, 2.75) is 96.8 Å². The second kappa shape index (κ2) is 15.1. The Labute approximate surface area is 193 Å². The maximum atomic E-state index is 12.5. The molecule has 2 aromatic carbocycles. The number of phenols is 1. The predicted molar refractivity (Wildman–Crippen MR) is 133 cm³/mol. The topological polar surface area (TPSA) is 49.3 Å². The van der Waals surface area contributed by atoms with Crippen molar-refractivity contribution in [2.24, 2.45) is 0 Å². The van der Waals surface area contributed by atoms with E-state index >= 15 is 0 Å². The van der Waals surface area contributed by atoms with Crippen LogP contribution in [0.25, 0.3) is 10.8 Å². The molecule has 0 bridgehead atoms. The number of rotatable bonds is 16. The highest BCUT2D eigenvalue weighted by Crippen LogP contribution is 2.34. The molecule has 0 fully saturated rings. The minimum atomic E-state index is -0.264. The number of fused-ring (bicyclic) bond motifs is 1. The SMILES string of the molecule is CCCCCCCCCCCCCCCCNC(=O)c1cc(Cl)c2ccccc2c1O. The van der Waals surface area contributed by atoms with Gasteiger partial charge in [-0.3, -0.25) is 4.79 Å². The molecular formula is C27H40ClNO2. The monoisotopic (exact) mass is 445 g/mol. The van der Waals surface area contributed by atoms with Crippen molar-refractivity contribution >= 4 is 28.3 Å². The number of nitrogens with one attached hydrogen (secondary N) is 1. The molecule has 2 N–H and O–H groups in total. The fourth-order valence-corrected chi connectivity index (χ4v) is 4.38. The highest BCUT2D eigenvalue weighted by Gasteiger charge is 2.15. The zero-order valence-corrected chi connectivity index (χ0v) is 20.0. The lowest BCUT2D eigenvalue weighted by Gasteiger charge is -2.10. The Morgan fingerprint density at radius 3 is 1.84 bits per heavy atom. The normalized spacial score (nSPS) is 11.2. The Balaban J connectivity index is 1.51. The molecule has 0 unspecified atom stereocenters. The van der Waals surface area contributed by atoms with Gasteiger partial charge >= 0.3 is 0 Å². The number of amides is 1. The molecule has 0 spiro atoms. The van der Waals surface area contributed by atoms with Crippen LogP contribution in [0, 0.1) is 0 Å². The minimum Gasteiger partial charge on any atom is -0.506 e. The van der Waals surface area contributed by atoms with Gasteiger partial charge in [0, 0.05) is 22.3 Å². The Hall–Kier alpha value is -1.74. The van der Waals surface area contributed by atoms with Crippen LogP contribution in [0.2, 0.25) is 5.02 Å². The molecule has 0 heterocycles. The molecule has 0 saturated carbocycles. The van der Waals surface area contributed by atoms with Gasteiger partial charge in [-0.25, -0.2) is 0 Å². The van der Waals surface area contributed by atoms with E-state index in [9.17, 15) is 9.90 Å². The molecule has 0 radical (unpaired) electrons. The number of phenolic OH excluding ortho intramolecular Hbond substituents is 1. The summed E-state index contributed by atoms with van der Waals surface area (Å²) in [4.78, 5) is 12.5. The summed E-state index contributed by atoms with van der Waals surface area (Å²) in [5.74, 6) is -0.265. The van der Waals surface area contributed by atoms with Crippen molar-refractivity contribution in [1.82, 2.24) is 5.32 Å². The minimum absolute atomic E-state index is 0.00143. The molecular weight excluding hydrogens is 406 g/mol. The van der Waals surface area contributed by atoms with Crippen LogP contribution in [0.15, 0.2) is 30.3 Å². The third-order valence-electron chi connectivity index (χ3n) is 6.03. The number of aromatic hydroxyl groups is 1. The average molecular weight is 446 g/mol. The summed E-state index contributed by atoms with van der Waals surface area (Å²) in [6.45, 7) is 2.89. The Bertz CT molecular complexity index is 790. The average Bonchev–Trinajstić information content (AvgIpc) is 2.78. The molecule has 0 saturated heterocycles. The molecule has 1 amide bonds. The Morgan fingerprint density at radius 2 is 1.29 bits per heavy atom. The van der Waals surface area contributed by atoms with Crippen LogP contribution in [-0.2, 0) is 0 Å². The number of carbonyl (C=O) groups is 1. The summed E-state index contributed by atoms with van der Waals surface area (Å²) in [6, 6.07) is 8.87. The first-order valence-electron chi connectivity index (χ1n) is 12.3. The zero-order chi connectivity index (χ0) is 22.3. The lowest BCUT2D eigenvalue weighted by Crippen LogP contribution is -2.24. The maximum absolute atomic E-state index is 12.5. The van der Waals surface area contributed by atoms with E-state index in [0.717, 1.165) is 18.2 Å². The molecule has 4 heteroatoms. The first-order valence-corrected chi connectivity index (χ1v) is 12.7. The van der Waals surface area contributed by atoms with Crippen LogP contribution >= 0.6 is 11.6 Å². The molecule has 0 aliphatic rings. The van der Waals surface area contributed by atoms with Gasteiger partial charge in [0.05, 0.1) is 5.56 Å². The predicted octanol–water partition coefficient (Wildman–Crippen LogP) is 8.41. The molecule has 0 atom stereocenters. The first kappa shape index (κ1) is 25.5. The molecule has 31 heavy (non-hydrogen) atoms. The number of halogens is 1. The molecule has 0 aromatic heterocycles. The Kier molecular flexibility index (Phi) is 12.5. The smallest absolute Gasteiger partial charge is 0.255 e. The fourth-order valence-electron chi connectivity index (χ4n) is 4.11. The van der Waals surface area contributed by atoms with Gasteiger partial charge in [0.25, 0.3) is 5.91 Å². The van der Waals surface area contributed by atoms with Gasteiger partial charge in [0.1, 0.15) is 5.75 Å². The van der Waals surface area contributed by atoms with Crippen LogP contribution in [0.3, 0.4) is 0 Å². The molecule has 2 rings (SSSR count). The van der Waals surface area contributed by atoms with Crippen molar-refractivity contribution in [1.29, 1.82) is 0 Å². The van der Waals surface area contributed by atoms with Crippen LogP contribution in [0.4, 0.5) is 0 Å². The third kappa shape index (κ3) is 9.11. The highest BCUT2D eigenvalue weighted by molar-refractivity contribution is 6.36. The van der Waals surface area contributed by atoms with Crippen LogP contribution in [-0.4, -0.2) is 17.6 Å². The van der Waals surface area contributed by atoms with Crippen molar-refractivity contribution in [3.63, 3.8) is 0 Å². The second-order valence-electron chi connectivity index (χ2n) is 8.65. The van der Waals surface area contributed by atoms with E-state index in [1.165, 1.54) is 77.0 Å². The summed E-state index contributed by atoms with van der Waals surface area (Å²) in [6.07, 6.45) is 18.4. The molecule has 0 aliphatic heterocycles. The van der Waals surface area contributed by atoms with Gasteiger partial charge in [-0.1, -0.05) is 126 Å². The lowest BCUT2D eigenvalue weighted by molar-refractivity contribution is 0.0950. The molecule has 172 valence electrons. The van der Waals surface area contributed by atoms with Crippen molar-refractivity contribution < 1.29 is 9.90 Å². The first-order chi connectivity index (χ1) is 15.1. The van der Waals surface area contributed by atoms with Gasteiger partial charge in [-0.2, -0.15) is 0 Å². The van der Waals surface area contributed by atoms with Crippen LogP contribution in [0.5, 0.6) is 5.75 Å². The van der Waals surface area contributed by atoms with Gasteiger partial charge in [-0.15, -0.1) is 0 Å². The second-order valence-corrected chi connectivity index (χ2v) is 9.06. The van der Waals surface area contributed by atoms with E-state index in [1.807, 2.05) is 18.2 Å². The quantitative estimate of drug-likeness (QED) is 0.255. The largest absolute Gasteiger partial charge is 0.506 e. The van der Waals surface area contributed by atoms with Gasteiger partial charge in [0.15, 0.2) is 0 Å². The standard InChI is InChI=1S/C27H40ClNO2/c1-2-3-4-5-6-7-8-9-10-11-12-13-14-17-20-29-27(31)24-21-25(28)22-18-15-16-19-23(22)26(24)30/h15-16,18-19,21,30H,2-14,17,20H2,1H3,(H,29,31). The van der Waals surface area contributed by atoms with E-state index < -0.39 is 0 Å². The van der Waals surface area contributed by atoms with Crippen LogP contribution in [0.1, 0.15) is 107 Å². The molecule has 2 aromatic rings. The number of hydrogen-bond donors (Lipinski definition) is 2. The van der Waals surface area contributed by atoms with Crippen LogP contribution < -0.4 is 5.32 Å². The summed E-state index contributed by atoms with van der Waals surface area (Å²) >= 11 is 6.28. The fraction of sp³-hybridized carbons (Fsp3) is 0.593. The summed E-state index contributed by atoms with van der Waals surface area (Å²) < 4.78 is 0.